The molecule has 1 fully saturated rings. The number of hydrogen-bond donors (Lipinski definition) is 1. The summed E-state index contributed by atoms with van der Waals surface area (Å²) in [6, 6.07) is 8.32. The van der Waals surface area contributed by atoms with Gasteiger partial charge in [0.15, 0.2) is 0 Å². The summed E-state index contributed by atoms with van der Waals surface area (Å²) in [6.45, 7) is 2.12. The van der Waals surface area contributed by atoms with Gasteiger partial charge in [0.2, 0.25) is 0 Å². The van der Waals surface area contributed by atoms with E-state index in [2.05, 4.69) is 12.2 Å². The van der Waals surface area contributed by atoms with Crippen LogP contribution in [0.1, 0.15) is 54.9 Å². The second kappa shape index (κ2) is 5.85. The predicted molar refractivity (Wildman–Crippen MR) is 70.2 cm³/mol. The molecule has 1 aromatic rings. The van der Waals surface area contributed by atoms with Gasteiger partial charge < -0.3 is 5.32 Å². The van der Waals surface area contributed by atoms with Crippen molar-refractivity contribution in [2.45, 2.75) is 51.5 Å². The molecule has 2 nitrogen and oxygen atoms in total. The summed E-state index contributed by atoms with van der Waals surface area (Å²) in [5.41, 5.74) is 2.06. The fourth-order valence-corrected chi connectivity index (χ4v) is 2.41. The van der Waals surface area contributed by atoms with Crippen molar-refractivity contribution in [3.63, 3.8) is 0 Å². The average molecular weight is 231 g/mol. The predicted octanol–water partition coefficient (Wildman–Crippen LogP) is 3.31. The van der Waals surface area contributed by atoms with Crippen LogP contribution in [0.5, 0.6) is 0 Å². The van der Waals surface area contributed by atoms with Crippen molar-refractivity contribution >= 4 is 5.91 Å². The first-order valence-corrected chi connectivity index (χ1v) is 6.69. The lowest BCUT2D eigenvalue weighted by molar-refractivity contribution is 0.0927. The maximum Gasteiger partial charge on any atom is 0.251 e. The Kier molecular flexibility index (Phi) is 4.18. The molecule has 2 rings (SSSR count). The van der Waals surface area contributed by atoms with E-state index in [-0.39, 0.29) is 5.91 Å². The molecule has 17 heavy (non-hydrogen) atoms. The van der Waals surface area contributed by atoms with E-state index in [1.807, 2.05) is 24.3 Å². The van der Waals surface area contributed by atoms with Gasteiger partial charge in [-0.05, 0) is 37.0 Å². The third-order valence-electron chi connectivity index (χ3n) is 3.56. The topological polar surface area (TPSA) is 29.1 Å². The van der Waals surface area contributed by atoms with Crippen LogP contribution in [0.25, 0.3) is 0 Å². The Bertz CT molecular complexity index is 363. The Morgan fingerprint density at radius 1 is 1.18 bits per heavy atom. The minimum absolute atomic E-state index is 0.0829. The van der Waals surface area contributed by atoms with E-state index in [9.17, 15) is 4.79 Å². The molecule has 0 radical (unpaired) electrons. The van der Waals surface area contributed by atoms with E-state index in [1.165, 1.54) is 24.8 Å². The summed E-state index contributed by atoms with van der Waals surface area (Å²) in [5, 5.41) is 3.13. The highest BCUT2D eigenvalue weighted by Crippen LogP contribution is 2.17. The van der Waals surface area contributed by atoms with E-state index in [4.69, 9.17) is 0 Å². The van der Waals surface area contributed by atoms with Crippen molar-refractivity contribution in [1.82, 2.24) is 5.32 Å². The molecule has 1 aliphatic carbocycles. The maximum atomic E-state index is 12.0. The minimum atomic E-state index is 0.0829. The molecular formula is C15H21NO. The summed E-state index contributed by atoms with van der Waals surface area (Å²) in [5.74, 6) is 0.0829. The molecule has 0 heterocycles. The Balaban J connectivity index is 1.93. The maximum absolute atomic E-state index is 12.0. The fourth-order valence-electron chi connectivity index (χ4n) is 2.41. The van der Waals surface area contributed by atoms with Crippen molar-refractivity contribution in [3.8, 4) is 0 Å². The highest BCUT2D eigenvalue weighted by molar-refractivity contribution is 5.94. The largest absolute Gasteiger partial charge is 0.349 e. The SMILES string of the molecule is CCc1ccc(C(=O)NC2CCCCC2)cc1. The lowest BCUT2D eigenvalue weighted by Crippen LogP contribution is -2.36. The number of amides is 1. The summed E-state index contributed by atoms with van der Waals surface area (Å²) in [6.07, 6.45) is 7.11. The Morgan fingerprint density at radius 2 is 1.82 bits per heavy atom. The average Bonchev–Trinajstić information content (AvgIpc) is 2.40. The van der Waals surface area contributed by atoms with Crippen molar-refractivity contribution < 1.29 is 4.79 Å². The van der Waals surface area contributed by atoms with Crippen molar-refractivity contribution in [1.29, 1.82) is 0 Å². The Hall–Kier alpha value is -1.31. The van der Waals surface area contributed by atoms with Crippen LogP contribution in [0.4, 0.5) is 0 Å². The lowest BCUT2D eigenvalue weighted by Gasteiger charge is -2.22. The van der Waals surface area contributed by atoms with Crippen LogP contribution in [-0.4, -0.2) is 11.9 Å². The standard InChI is InChI=1S/C15H21NO/c1-2-12-8-10-13(11-9-12)15(17)16-14-6-4-3-5-7-14/h8-11,14H,2-7H2,1H3,(H,16,17). The first-order chi connectivity index (χ1) is 8.29. The third kappa shape index (κ3) is 3.32. The van der Waals surface area contributed by atoms with Gasteiger partial charge in [-0.2, -0.15) is 0 Å². The van der Waals surface area contributed by atoms with Gasteiger partial charge in [0, 0.05) is 11.6 Å². The van der Waals surface area contributed by atoms with E-state index in [1.54, 1.807) is 0 Å². The van der Waals surface area contributed by atoms with Crippen LogP contribution in [-0.2, 0) is 6.42 Å². The molecule has 0 aromatic heterocycles. The Labute approximate surface area is 103 Å². The summed E-state index contributed by atoms with van der Waals surface area (Å²) in [7, 11) is 0. The molecular weight excluding hydrogens is 210 g/mol. The van der Waals surface area contributed by atoms with Gasteiger partial charge in [-0.15, -0.1) is 0 Å². The van der Waals surface area contributed by atoms with Crippen molar-refractivity contribution in [3.05, 3.63) is 35.4 Å². The number of carbonyl (C=O) groups excluding carboxylic acids is 1. The number of hydrogen-bond acceptors (Lipinski definition) is 1. The monoisotopic (exact) mass is 231 g/mol. The fraction of sp³-hybridized carbons (Fsp3) is 0.533. The van der Waals surface area contributed by atoms with Crippen LogP contribution >= 0.6 is 0 Å². The summed E-state index contributed by atoms with van der Waals surface area (Å²) >= 11 is 0. The van der Waals surface area contributed by atoms with Gasteiger partial charge in [-0.1, -0.05) is 38.3 Å². The molecule has 92 valence electrons. The number of nitrogens with one attached hydrogen (secondary N) is 1. The number of rotatable bonds is 3. The van der Waals surface area contributed by atoms with Gasteiger partial charge in [0.05, 0.1) is 0 Å². The normalized spacial score (nSPS) is 16.8. The quantitative estimate of drug-likeness (QED) is 0.849. The molecule has 0 unspecified atom stereocenters. The number of carbonyl (C=O) groups is 1. The smallest absolute Gasteiger partial charge is 0.251 e. The number of benzene rings is 1. The molecule has 1 saturated carbocycles. The molecule has 0 atom stereocenters. The second-order valence-corrected chi connectivity index (χ2v) is 4.86. The molecule has 1 aromatic carbocycles. The van der Waals surface area contributed by atoms with Crippen LogP contribution in [0.2, 0.25) is 0 Å². The molecule has 0 aliphatic heterocycles. The van der Waals surface area contributed by atoms with Gasteiger partial charge >= 0.3 is 0 Å². The van der Waals surface area contributed by atoms with E-state index >= 15 is 0 Å². The molecule has 2 heteroatoms. The highest BCUT2D eigenvalue weighted by Gasteiger charge is 2.16. The molecule has 1 aliphatic rings. The van der Waals surface area contributed by atoms with Gasteiger partial charge in [0.1, 0.15) is 0 Å². The first kappa shape index (κ1) is 12.2. The summed E-state index contributed by atoms with van der Waals surface area (Å²) in [4.78, 5) is 12.0. The van der Waals surface area contributed by atoms with Crippen LogP contribution in [0, 0.1) is 0 Å². The zero-order chi connectivity index (χ0) is 12.1. The number of aryl methyl sites for hydroxylation is 1. The molecule has 1 amide bonds. The Morgan fingerprint density at radius 3 is 2.41 bits per heavy atom. The second-order valence-electron chi connectivity index (χ2n) is 4.86. The first-order valence-electron chi connectivity index (χ1n) is 6.69. The molecule has 0 spiro atoms. The van der Waals surface area contributed by atoms with E-state index in [0.717, 1.165) is 24.8 Å². The molecule has 0 bridgehead atoms. The van der Waals surface area contributed by atoms with Crippen LogP contribution < -0.4 is 5.32 Å². The van der Waals surface area contributed by atoms with Crippen LogP contribution in [0.15, 0.2) is 24.3 Å². The third-order valence-corrected chi connectivity index (χ3v) is 3.56. The minimum Gasteiger partial charge on any atom is -0.349 e. The van der Waals surface area contributed by atoms with E-state index in [0.29, 0.717) is 6.04 Å². The summed E-state index contributed by atoms with van der Waals surface area (Å²) < 4.78 is 0. The zero-order valence-electron chi connectivity index (χ0n) is 10.5. The highest BCUT2D eigenvalue weighted by atomic mass is 16.1. The van der Waals surface area contributed by atoms with Gasteiger partial charge in [-0.25, -0.2) is 0 Å². The lowest BCUT2D eigenvalue weighted by atomic mass is 9.95. The van der Waals surface area contributed by atoms with Gasteiger partial charge in [0.25, 0.3) is 5.91 Å². The van der Waals surface area contributed by atoms with E-state index < -0.39 is 0 Å². The van der Waals surface area contributed by atoms with Crippen LogP contribution in [0.3, 0.4) is 0 Å². The molecule has 1 N–H and O–H groups in total. The van der Waals surface area contributed by atoms with Crippen molar-refractivity contribution in [2.75, 3.05) is 0 Å². The molecule has 0 saturated heterocycles. The van der Waals surface area contributed by atoms with Gasteiger partial charge in [-0.3, -0.25) is 4.79 Å². The van der Waals surface area contributed by atoms with Crippen molar-refractivity contribution in [2.24, 2.45) is 0 Å². The zero-order valence-corrected chi connectivity index (χ0v) is 10.5.